The molecule has 4 rings (SSSR count). The van der Waals surface area contributed by atoms with Crippen molar-refractivity contribution in [2.45, 2.75) is 37.8 Å². The van der Waals surface area contributed by atoms with E-state index >= 15 is 0 Å². The largest absolute Gasteiger partial charge is 0.496 e. The highest BCUT2D eigenvalue weighted by molar-refractivity contribution is 6.30. The molecular weight excluding hydrogens is 464 g/mol. The Kier molecular flexibility index (Phi) is 8.00. The van der Waals surface area contributed by atoms with E-state index < -0.39 is 6.04 Å². The summed E-state index contributed by atoms with van der Waals surface area (Å²) in [5.74, 6) is 0.492. The summed E-state index contributed by atoms with van der Waals surface area (Å²) in [6, 6.07) is 15.4. The number of nitrogens with zero attached hydrogens (tertiary/aromatic N) is 2. The molecule has 1 saturated heterocycles. The molecule has 1 aliphatic rings. The quantitative estimate of drug-likeness (QED) is 0.476. The summed E-state index contributed by atoms with van der Waals surface area (Å²) in [6.45, 7) is 0.667. The van der Waals surface area contributed by atoms with E-state index in [-0.39, 0.29) is 24.3 Å². The van der Waals surface area contributed by atoms with Gasteiger partial charge >= 0.3 is 0 Å². The Bertz CT molecular complexity index is 1170. The van der Waals surface area contributed by atoms with E-state index in [1.807, 2.05) is 17.0 Å². The van der Waals surface area contributed by atoms with Gasteiger partial charge < -0.3 is 20.7 Å². The standard InChI is InChI=1S/C27H29ClN4O3/c1-35-25-10-9-20(28)16-22(25)24-4-2-3-15-32(24)26(33)17-23(29)18-5-7-19(8-6-18)27(34)31-21-11-13-30-14-12-21/h5-14,16,23-24H,2-4,15,17,29H2,1H3,(H,30,31,34). The van der Waals surface area contributed by atoms with Gasteiger partial charge in [-0.15, -0.1) is 0 Å². The third kappa shape index (κ3) is 5.99. The summed E-state index contributed by atoms with van der Waals surface area (Å²) in [7, 11) is 1.62. The number of carbonyl (C=O) groups is 2. The van der Waals surface area contributed by atoms with Gasteiger partial charge in [0.1, 0.15) is 5.75 Å². The number of pyridine rings is 1. The molecule has 2 heterocycles. The van der Waals surface area contributed by atoms with Crippen LogP contribution in [0.4, 0.5) is 5.69 Å². The second-order valence-corrected chi connectivity index (χ2v) is 9.04. The fourth-order valence-corrected chi connectivity index (χ4v) is 4.64. The van der Waals surface area contributed by atoms with Crippen LogP contribution in [-0.2, 0) is 4.79 Å². The van der Waals surface area contributed by atoms with Gasteiger partial charge in [0, 0.05) is 53.2 Å². The van der Waals surface area contributed by atoms with Crippen LogP contribution < -0.4 is 15.8 Å². The molecule has 0 spiro atoms. The van der Waals surface area contributed by atoms with E-state index in [4.69, 9.17) is 22.1 Å². The Balaban J connectivity index is 1.43. The summed E-state index contributed by atoms with van der Waals surface area (Å²) in [6.07, 6.45) is 6.22. The molecule has 2 unspecified atom stereocenters. The predicted octanol–water partition coefficient (Wildman–Crippen LogP) is 5.14. The maximum absolute atomic E-state index is 13.3. The van der Waals surface area contributed by atoms with Gasteiger partial charge in [-0.1, -0.05) is 23.7 Å². The molecule has 0 saturated carbocycles. The first-order valence-corrected chi connectivity index (χ1v) is 12.0. The number of likely N-dealkylation sites (tertiary alicyclic amines) is 1. The zero-order chi connectivity index (χ0) is 24.8. The van der Waals surface area contributed by atoms with Crippen LogP contribution in [0.25, 0.3) is 0 Å². The van der Waals surface area contributed by atoms with Gasteiger partial charge in [0.2, 0.25) is 5.91 Å². The van der Waals surface area contributed by atoms with E-state index in [1.54, 1.807) is 62.0 Å². The van der Waals surface area contributed by atoms with Crippen molar-refractivity contribution in [3.63, 3.8) is 0 Å². The number of methoxy groups -OCH3 is 1. The van der Waals surface area contributed by atoms with Crippen LogP contribution in [0.15, 0.2) is 67.0 Å². The number of nitrogens with one attached hydrogen (secondary N) is 1. The fourth-order valence-electron chi connectivity index (χ4n) is 4.46. The summed E-state index contributed by atoms with van der Waals surface area (Å²) in [5, 5.41) is 3.44. The summed E-state index contributed by atoms with van der Waals surface area (Å²) in [5.41, 5.74) is 9.31. The third-order valence-corrected chi connectivity index (χ3v) is 6.54. The number of ether oxygens (including phenoxy) is 1. The van der Waals surface area contributed by atoms with Gasteiger partial charge in [-0.05, 0) is 67.3 Å². The minimum absolute atomic E-state index is 0.0104. The molecule has 2 aromatic carbocycles. The maximum atomic E-state index is 13.3. The average Bonchev–Trinajstić information content (AvgIpc) is 2.89. The number of anilines is 1. The molecule has 0 aliphatic carbocycles. The Labute approximate surface area is 210 Å². The summed E-state index contributed by atoms with van der Waals surface area (Å²) in [4.78, 5) is 31.7. The topological polar surface area (TPSA) is 97.5 Å². The lowest BCUT2D eigenvalue weighted by atomic mass is 9.93. The van der Waals surface area contributed by atoms with Crippen LogP contribution in [0, 0.1) is 0 Å². The number of rotatable bonds is 7. The number of nitrogens with two attached hydrogens (primary N) is 1. The van der Waals surface area contributed by atoms with E-state index in [0.29, 0.717) is 22.8 Å². The van der Waals surface area contributed by atoms with Crippen LogP contribution in [0.1, 0.15) is 59.3 Å². The van der Waals surface area contributed by atoms with E-state index in [2.05, 4.69) is 10.3 Å². The molecule has 0 radical (unpaired) electrons. The first-order valence-electron chi connectivity index (χ1n) is 11.7. The van der Waals surface area contributed by atoms with Gasteiger partial charge in [-0.3, -0.25) is 14.6 Å². The SMILES string of the molecule is COc1ccc(Cl)cc1C1CCCCN1C(=O)CC(N)c1ccc(C(=O)Nc2ccncc2)cc1. The number of benzene rings is 2. The first kappa shape index (κ1) is 24.7. The van der Waals surface area contributed by atoms with Gasteiger partial charge in [-0.2, -0.15) is 0 Å². The Morgan fingerprint density at radius 1 is 1.14 bits per heavy atom. The minimum atomic E-state index is -0.483. The first-order chi connectivity index (χ1) is 17.0. The molecule has 1 fully saturated rings. The smallest absolute Gasteiger partial charge is 0.255 e. The zero-order valence-corrected chi connectivity index (χ0v) is 20.4. The number of aromatic nitrogens is 1. The van der Waals surface area contributed by atoms with Crippen molar-refractivity contribution < 1.29 is 14.3 Å². The second-order valence-electron chi connectivity index (χ2n) is 8.61. The van der Waals surface area contributed by atoms with Gasteiger partial charge in [0.05, 0.1) is 13.2 Å². The number of hydrogen-bond acceptors (Lipinski definition) is 5. The van der Waals surface area contributed by atoms with Crippen molar-refractivity contribution in [3.05, 3.63) is 88.7 Å². The molecular formula is C27H29ClN4O3. The Hall–Kier alpha value is -3.42. The second kappa shape index (κ2) is 11.3. The van der Waals surface area contributed by atoms with Crippen molar-refractivity contribution in [1.82, 2.24) is 9.88 Å². The zero-order valence-electron chi connectivity index (χ0n) is 19.6. The van der Waals surface area contributed by atoms with Crippen molar-refractivity contribution in [2.24, 2.45) is 5.73 Å². The van der Waals surface area contributed by atoms with E-state index in [1.165, 1.54) is 0 Å². The Morgan fingerprint density at radius 2 is 1.89 bits per heavy atom. The van der Waals surface area contributed by atoms with Crippen molar-refractivity contribution in [2.75, 3.05) is 19.0 Å². The molecule has 3 aromatic rings. The molecule has 2 amide bonds. The monoisotopic (exact) mass is 492 g/mol. The lowest BCUT2D eigenvalue weighted by molar-refractivity contribution is -0.135. The highest BCUT2D eigenvalue weighted by atomic mass is 35.5. The molecule has 0 bridgehead atoms. The minimum Gasteiger partial charge on any atom is -0.496 e. The highest BCUT2D eigenvalue weighted by Crippen LogP contribution is 2.38. The molecule has 3 N–H and O–H groups in total. The van der Waals surface area contributed by atoms with E-state index in [0.717, 1.165) is 36.1 Å². The van der Waals surface area contributed by atoms with E-state index in [9.17, 15) is 9.59 Å². The number of halogens is 1. The number of amides is 2. The Morgan fingerprint density at radius 3 is 2.60 bits per heavy atom. The summed E-state index contributed by atoms with van der Waals surface area (Å²) >= 11 is 6.25. The fraction of sp³-hybridized carbons (Fsp3) is 0.296. The van der Waals surface area contributed by atoms with Crippen LogP contribution in [0.5, 0.6) is 5.75 Å². The number of carbonyl (C=O) groups excluding carboxylic acids is 2. The third-order valence-electron chi connectivity index (χ3n) is 6.31. The molecule has 35 heavy (non-hydrogen) atoms. The lowest BCUT2D eigenvalue weighted by Gasteiger charge is -2.37. The van der Waals surface area contributed by atoms with Crippen molar-refractivity contribution in [1.29, 1.82) is 0 Å². The summed E-state index contributed by atoms with van der Waals surface area (Å²) < 4.78 is 5.54. The highest BCUT2D eigenvalue weighted by Gasteiger charge is 2.31. The molecule has 7 nitrogen and oxygen atoms in total. The van der Waals surface area contributed by atoms with Crippen LogP contribution in [0.2, 0.25) is 5.02 Å². The maximum Gasteiger partial charge on any atom is 0.255 e. The number of hydrogen-bond donors (Lipinski definition) is 2. The van der Waals surface area contributed by atoms with Gasteiger partial charge in [0.25, 0.3) is 5.91 Å². The lowest BCUT2D eigenvalue weighted by Crippen LogP contribution is -2.39. The van der Waals surface area contributed by atoms with Crippen molar-refractivity contribution >= 4 is 29.1 Å². The molecule has 8 heteroatoms. The van der Waals surface area contributed by atoms with Crippen LogP contribution in [-0.4, -0.2) is 35.4 Å². The molecule has 182 valence electrons. The molecule has 1 aromatic heterocycles. The van der Waals surface area contributed by atoms with Gasteiger partial charge in [-0.25, -0.2) is 0 Å². The van der Waals surface area contributed by atoms with Gasteiger partial charge in [0.15, 0.2) is 0 Å². The molecule has 1 aliphatic heterocycles. The normalized spacial score (nSPS) is 16.4. The van der Waals surface area contributed by atoms with Crippen LogP contribution >= 0.6 is 11.6 Å². The van der Waals surface area contributed by atoms with Crippen molar-refractivity contribution in [3.8, 4) is 5.75 Å². The predicted molar refractivity (Wildman–Crippen MR) is 136 cm³/mol. The average molecular weight is 493 g/mol. The number of piperidine rings is 1. The molecule has 2 atom stereocenters. The van der Waals surface area contributed by atoms with Crippen LogP contribution in [0.3, 0.4) is 0 Å².